The lowest BCUT2D eigenvalue weighted by Crippen LogP contribution is -2.52. The number of nitrogens with one attached hydrogen (secondary N) is 1. The van der Waals surface area contributed by atoms with E-state index in [2.05, 4.69) is 10.4 Å². The van der Waals surface area contributed by atoms with Crippen LogP contribution in [0.3, 0.4) is 0 Å². The van der Waals surface area contributed by atoms with E-state index in [1.165, 1.54) is 0 Å². The second-order valence-corrected chi connectivity index (χ2v) is 6.05. The number of aromatic nitrogens is 2. The third-order valence-corrected chi connectivity index (χ3v) is 4.27. The Bertz CT molecular complexity index is 586. The van der Waals surface area contributed by atoms with E-state index in [9.17, 15) is 18.0 Å². The van der Waals surface area contributed by atoms with Crippen LogP contribution in [-0.2, 0) is 17.9 Å². The number of alkyl halides is 3. The van der Waals surface area contributed by atoms with Gasteiger partial charge in [-0.3, -0.25) is 9.48 Å². The Morgan fingerprint density at radius 2 is 2.08 bits per heavy atom. The van der Waals surface area contributed by atoms with Gasteiger partial charge in [0, 0.05) is 24.3 Å². The number of amides is 1. The van der Waals surface area contributed by atoms with E-state index in [1.54, 1.807) is 4.68 Å². The Hall–Kier alpha value is -1.61. The molecule has 24 heavy (non-hydrogen) atoms. The molecule has 0 bridgehead atoms. The van der Waals surface area contributed by atoms with Crippen LogP contribution in [0, 0.1) is 13.8 Å². The smallest absolute Gasteiger partial charge is 0.394 e. The van der Waals surface area contributed by atoms with E-state index in [-0.39, 0.29) is 13.2 Å². The molecule has 0 radical (unpaired) electrons. The molecule has 2 rings (SSSR count). The summed E-state index contributed by atoms with van der Waals surface area (Å²) < 4.78 is 39.3. The molecule has 1 saturated heterocycles. The number of aryl methyl sites for hydroxylation is 1. The molecule has 1 fully saturated rings. The van der Waals surface area contributed by atoms with Crippen molar-refractivity contribution >= 4 is 5.91 Å². The van der Waals surface area contributed by atoms with Gasteiger partial charge in [-0.1, -0.05) is 0 Å². The van der Waals surface area contributed by atoms with Gasteiger partial charge in [0.15, 0.2) is 0 Å². The zero-order chi connectivity index (χ0) is 17.9. The first kappa shape index (κ1) is 18.7. The van der Waals surface area contributed by atoms with Crippen LogP contribution in [0.5, 0.6) is 0 Å². The van der Waals surface area contributed by atoms with Crippen molar-refractivity contribution in [1.82, 2.24) is 20.0 Å². The normalized spacial score (nSPS) is 19.2. The van der Waals surface area contributed by atoms with Crippen LogP contribution >= 0.6 is 0 Å². The first-order valence-electron chi connectivity index (χ1n) is 7.95. The van der Waals surface area contributed by atoms with Gasteiger partial charge < -0.3 is 15.3 Å². The molecule has 6 nitrogen and oxygen atoms in total. The molecule has 0 saturated carbocycles. The molecule has 1 aromatic rings. The van der Waals surface area contributed by atoms with Crippen LogP contribution in [-0.4, -0.2) is 57.6 Å². The molecule has 2 heterocycles. The zero-order valence-corrected chi connectivity index (χ0v) is 13.9. The standard InChI is InChI=1S/C15H23F3N4O2/c1-10-12(11(2)22(20-10)6-7-23)8-19-13-4-3-5-21(14(13)24)9-15(16,17)18/h13,19,23H,3-9H2,1-2H3. The van der Waals surface area contributed by atoms with Gasteiger partial charge >= 0.3 is 6.18 Å². The molecule has 2 N–H and O–H groups in total. The van der Waals surface area contributed by atoms with Gasteiger partial charge in [-0.25, -0.2) is 0 Å². The second kappa shape index (κ2) is 7.52. The number of hydrogen-bond acceptors (Lipinski definition) is 4. The highest BCUT2D eigenvalue weighted by Crippen LogP contribution is 2.21. The summed E-state index contributed by atoms with van der Waals surface area (Å²) in [6, 6.07) is -0.610. The second-order valence-electron chi connectivity index (χ2n) is 6.05. The van der Waals surface area contributed by atoms with Crippen molar-refractivity contribution < 1.29 is 23.1 Å². The average molecular weight is 348 g/mol. The Kier molecular flexibility index (Phi) is 5.87. The maximum atomic E-state index is 12.5. The number of halogens is 3. The molecule has 9 heteroatoms. The molecule has 136 valence electrons. The van der Waals surface area contributed by atoms with E-state index in [1.807, 2.05) is 13.8 Å². The molecule has 1 atom stereocenters. The predicted molar refractivity (Wildman–Crippen MR) is 81.3 cm³/mol. The van der Waals surface area contributed by atoms with Crippen molar-refractivity contribution in [2.24, 2.45) is 0 Å². The van der Waals surface area contributed by atoms with Gasteiger partial charge in [0.2, 0.25) is 5.91 Å². The van der Waals surface area contributed by atoms with E-state index < -0.39 is 24.7 Å². The summed E-state index contributed by atoms with van der Waals surface area (Å²) >= 11 is 0. The van der Waals surface area contributed by atoms with Crippen LogP contribution in [0.15, 0.2) is 0 Å². The maximum absolute atomic E-state index is 12.5. The topological polar surface area (TPSA) is 70.4 Å². The van der Waals surface area contributed by atoms with Crippen LogP contribution in [0.2, 0.25) is 0 Å². The van der Waals surface area contributed by atoms with Crippen molar-refractivity contribution in [3.63, 3.8) is 0 Å². The lowest BCUT2D eigenvalue weighted by atomic mass is 10.0. The Balaban J connectivity index is 2.00. The van der Waals surface area contributed by atoms with Crippen molar-refractivity contribution in [3.8, 4) is 0 Å². The molecule has 0 spiro atoms. The summed E-state index contributed by atoms with van der Waals surface area (Å²) in [4.78, 5) is 13.1. The molecular formula is C15H23F3N4O2. The van der Waals surface area contributed by atoms with Crippen LogP contribution < -0.4 is 5.32 Å². The molecule has 0 aliphatic carbocycles. The molecular weight excluding hydrogens is 325 g/mol. The van der Waals surface area contributed by atoms with E-state index in [0.717, 1.165) is 21.9 Å². The largest absolute Gasteiger partial charge is 0.406 e. The maximum Gasteiger partial charge on any atom is 0.406 e. The fourth-order valence-electron chi connectivity index (χ4n) is 3.03. The number of aliphatic hydroxyl groups excluding tert-OH is 1. The van der Waals surface area contributed by atoms with Gasteiger partial charge in [0.25, 0.3) is 0 Å². The number of rotatable bonds is 6. The first-order valence-corrected chi connectivity index (χ1v) is 7.95. The molecule has 1 aliphatic heterocycles. The summed E-state index contributed by atoms with van der Waals surface area (Å²) in [6.45, 7) is 3.36. The Morgan fingerprint density at radius 1 is 1.38 bits per heavy atom. The molecule has 0 aromatic carbocycles. The van der Waals surface area contributed by atoms with Gasteiger partial charge in [-0.15, -0.1) is 0 Å². The predicted octanol–water partition coefficient (Wildman–Crippen LogP) is 1.14. The number of hydrogen-bond donors (Lipinski definition) is 2. The fraction of sp³-hybridized carbons (Fsp3) is 0.733. The van der Waals surface area contributed by atoms with E-state index in [4.69, 9.17) is 5.11 Å². The van der Waals surface area contributed by atoms with Crippen molar-refractivity contribution in [3.05, 3.63) is 17.0 Å². The van der Waals surface area contributed by atoms with Crippen molar-refractivity contribution in [2.45, 2.75) is 52.0 Å². The highest BCUT2D eigenvalue weighted by Gasteiger charge is 2.37. The van der Waals surface area contributed by atoms with Gasteiger partial charge in [0.1, 0.15) is 6.54 Å². The number of aliphatic hydroxyl groups is 1. The SMILES string of the molecule is Cc1nn(CCO)c(C)c1CNC1CCCN(CC(F)(F)F)C1=O. The van der Waals surface area contributed by atoms with Crippen molar-refractivity contribution in [1.29, 1.82) is 0 Å². The Labute approximate surface area is 138 Å². The minimum absolute atomic E-state index is 0.0255. The lowest BCUT2D eigenvalue weighted by molar-refractivity contribution is -0.165. The lowest BCUT2D eigenvalue weighted by Gasteiger charge is -2.33. The summed E-state index contributed by atoms with van der Waals surface area (Å²) in [5.41, 5.74) is 2.57. The molecule has 1 amide bonds. The van der Waals surface area contributed by atoms with Gasteiger partial charge in [-0.05, 0) is 26.7 Å². The summed E-state index contributed by atoms with van der Waals surface area (Å²) in [6.07, 6.45) is -3.31. The number of piperidine rings is 1. The Morgan fingerprint density at radius 3 is 2.71 bits per heavy atom. The quantitative estimate of drug-likeness (QED) is 0.809. The van der Waals surface area contributed by atoms with Crippen molar-refractivity contribution in [2.75, 3.05) is 19.7 Å². The molecule has 1 aromatic heterocycles. The van der Waals surface area contributed by atoms with Gasteiger partial charge in [0.05, 0.1) is 24.9 Å². The third-order valence-electron chi connectivity index (χ3n) is 4.27. The van der Waals surface area contributed by atoms with Crippen LogP contribution in [0.25, 0.3) is 0 Å². The average Bonchev–Trinajstić information content (AvgIpc) is 2.74. The van der Waals surface area contributed by atoms with Gasteiger partial charge in [-0.2, -0.15) is 18.3 Å². The minimum Gasteiger partial charge on any atom is -0.394 e. The van der Waals surface area contributed by atoms with E-state index >= 15 is 0 Å². The fourth-order valence-corrected chi connectivity index (χ4v) is 3.03. The molecule has 1 unspecified atom stereocenters. The van der Waals surface area contributed by atoms with E-state index in [0.29, 0.717) is 25.9 Å². The monoisotopic (exact) mass is 348 g/mol. The number of carbonyl (C=O) groups is 1. The highest BCUT2D eigenvalue weighted by atomic mass is 19.4. The molecule has 1 aliphatic rings. The van der Waals surface area contributed by atoms with Crippen LogP contribution in [0.4, 0.5) is 13.2 Å². The number of nitrogens with zero attached hydrogens (tertiary/aromatic N) is 3. The van der Waals surface area contributed by atoms with Crippen LogP contribution in [0.1, 0.15) is 29.8 Å². The zero-order valence-electron chi connectivity index (χ0n) is 13.9. The number of likely N-dealkylation sites (tertiary alicyclic amines) is 1. The highest BCUT2D eigenvalue weighted by molar-refractivity contribution is 5.82. The summed E-state index contributed by atoms with van der Waals surface area (Å²) in [5, 5.41) is 16.4. The summed E-state index contributed by atoms with van der Waals surface area (Å²) in [7, 11) is 0. The third kappa shape index (κ3) is 4.47. The summed E-state index contributed by atoms with van der Waals surface area (Å²) in [5.74, 6) is -0.503. The minimum atomic E-state index is -4.38. The first-order chi connectivity index (χ1) is 11.2. The number of carbonyl (C=O) groups excluding carboxylic acids is 1.